The first-order valence-electron chi connectivity index (χ1n) is 10.1. The van der Waals surface area contributed by atoms with Crippen molar-refractivity contribution in [2.45, 2.75) is 19.8 Å². The highest BCUT2D eigenvalue weighted by molar-refractivity contribution is 5.94. The van der Waals surface area contributed by atoms with Gasteiger partial charge in [0.1, 0.15) is 12.4 Å². The highest BCUT2D eigenvalue weighted by atomic mass is 16.7. The number of carbonyl (C=O) groups excluding carboxylic acids is 3. The van der Waals surface area contributed by atoms with Gasteiger partial charge in [0.05, 0.1) is 19.8 Å². The zero-order valence-electron chi connectivity index (χ0n) is 17.6. The van der Waals surface area contributed by atoms with Crippen LogP contribution in [0.5, 0.6) is 5.75 Å². The largest absolute Gasteiger partial charge is 0.513 e. The molecule has 0 spiro atoms. The van der Waals surface area contributed by atoms with E-state index >= 15 is 0 Å². The summed E-state index contributed by atoms with van der Waals surface area (Å²) in [7, 11) is 1.59. The molecular weight excluding hydrogens is 392 g/mol. The van der Waals surface area contributed by atoms with Crippen molar-refractivity contribution >= 4 is 18.0 Å². The minimum absolute atomic E-state index is 0.0151. The first-order valence-corrected chi connectivity index (χ1v) is 10.1. The average molecular weight is 422 g/mol. The summed E-state index contributed by atoms with van der Waals surface area (Å²) >= 11 is 0. The van der Waals surface area contributed by atoms with Crippen molar-refractivity contribution in [3.05, 3.63) is 29.8 Å². The third-order valence-electron chi connectivity index (χ3n) is 4.76. The molecule has 1 saturated heterocycles. The molecule has 0 radical (unpaired) electrons. The summed E-state index contributed by atoms with van der Waals surface area (Å²) in [6, 6.07) is 6.28. The lowest BCUT2D eigenvalue weighted by molar-refractivity contribution is -0.137. The fourth-order valence-electron chi connectivity index (χ4n) is 3.04. The van der Waals surface area contributed by atoms with E-state index in [0.29, 0.717) is 50.1 Å². The Bertz CT molecular complexity index is 685. The number of hydrogen-bond donors (Lipinski definition) is 1. The Balaban J connectivity index is 1.68. The van der Waals surface area contributed by atoms with Crippen LogP contribution in [0, 0.1) is 5.92 Å². The zero-order valence-corrected chi connectivity index (χ0v) is 17.6. The molecule has 1 aromatic rings. The number of rotatable bonds is 10. The second kappa shape index (κ2) is 12.8. The number of benzene rings is 1. The molecule has 0 saturated carbocycles. The van der Waals surface area contributed by atoms with E-state index in [1.165, 1.54) is 0 Å². The van der Waals surface area contributed by atoms with Crippen LogP contribution in [0.1, 0.15) is 30.1 Å². The molecular formula is C21H30N2O7. The molecule has 1 aliphatic heterocycles. The molecule has 1 N–H and O–H groups in total. The molecule has 0 bridgehead atoms. The van der Waals surface area contributed by atoms with Crippen LogP contribution in [0.2, 0.25) is 0 Å². The Morgan fingerprint density at radius 3 is 2.43 bits per heavy atom. The maximum atomic E-state index is 12.3. The molecule has 0 atom stereocenters. The number of carbonyl (C=O) groups is 3. The zero-order chi connectivity index (χ0) is 21.8. The van der Waals surface area contributed by atoms with Gasteiger partial charge in [0.2, 0.25) is 5.91 Å². The quantitative estimate of drug-likeness (QED) is 0.349. The minimum Gasteiger partial charge on any atom is -0.434 e. The summed E-state index contributed by atoms with van der Waals surface area (Å²) in [4.78, 5) is 37.5. The standard InChI is InChI=1S/C21H30N2O7/c1-3-29-21(26)30-18-6-4-17(5-7-18)20(25)22-14-16-8-10-23(11-9-16)19(24)15-28-13-12-27-2/h4-7,16H,3,8-15H2,1-2H3,(H,22,25). The minimum atomic E-state index is -0.777. The highest BCUT2D eigenvalue weighted by Gasteiger charge is 2.23. The molecule has 1 aliphatic rings. The number of amides is 2. The van der Waals surface area contributed by atoms with Crippen LogP contribution in [0.4, 0.5) is 4.79 Å². The molecule has 30 heavy (non-hydrogen) atoms. The van der Waals surface area contributed by atoms with Gasteiger partial charge in [-0.2, -0.15) is 0 Å². The number of piperidine rings is 1. The average Bonchev–Trinajstić information content (AvgIpc) is 2.76. The molecule has 1 aromatic carbocycles. The summed E-state index contributed by atoms with van der Waals surface area (Å²) < 4.78 is 19.8. The Hall–Kier alpha value is -2.65. The molecule has 1 heterocycles. The van der Waals surface area contributed by atoms with E-state index in [2.05, 4.69) is 5.32 Å². The van der Waals surface area contributed by atoms with Crippen molar-refractivity contribution in [1.82, 2.24) is 10.2 Å². The van der Waals surface area contributed by atoms with Gasteiger partial charge in [-0.25, -0.2) is 4.79 Å². The highest BCUT2D eigenvalue weighted by Crippen LogP contribution is 2.17. The summed E-state index contributed by atoms with van der Waals surface area (Å²) in [6.07, 6.45) is 0.883. The number of nitrogens with zero attached hydrogens (tertiary/aromatic N) is 1. The molecule has 2 rings (SSSR count). The van der Waals surface area contributed by atoms with Gasteiger partial charge in [-0.05, 0) is 49.9 Å². The Morgan fingerprint density at radius 1 is 1.10 bits per heavy atom. The van der Waals surface area contributed by atoms with Gasteiger partial charge >= 0.3 is 6.16 Å². The van der Waals surface area contributed by atoms with Gasteiger partial charge in [0.25, 0.3) is 5.91 Å². The summed E-state index contributed by atoms with van der Waals surface area (Å²) in [6.45, 7) is 4.73. The molecule has 2 amide bonds. The van der Waals surface area contributed by atoms with E-state index in [4.69, 9.17) is 18.9 Å². The van der Waals surface area contributed by atoms with Crippen LogP contribution < -0.4 is 10.1 Å². The Morgan fingerprint density at radius 2 is 1.80 bits per heavy atom. The first kappa shape index (κ1) is 23.6. The van der Waals surface area contributed by atoms with Gasteiger partial charge in [-0.15, -0.1) is 0 Å². The smallest absolute Gasteiger partial charge is 0.434 e. The number of methoxy groups -OCH3 is 1. The van der Waals surface area contributed by atoms with E-state index < -0.39 is 6.16 Å². The van der Waals surface area contributed by atoms with Crippen LogP contribution in [0.15, 0.2) is 24.3 Å². The number of likely N-dealkylation sites (tertiary alicyclic amines) is 1. The van der Waals surface area contributed by atoms with Gasteiger partial charge in [-0.1, -0.05) is 0 Å². The predicted molar refractivity (Wildman–Crippen MR) is 108 cm³/mol. The van der Waals surface area contributed by atoms with E-state index in [1.807, 2.05) is 0 Å². The molecule has 1 fully saturated rings. The molecule has 166 valence electrons. The van der Waals surface area contributed by atoms with E-state index in [0.717, 1.165) is 12.8 Å². The van der Waals surface area contributed by atoms with Crippen molar-refractivity contribution in [3.8, 4) is 5.75 Å². The van der Waals surface area contributed by atoms with Crippen LogP contribution in [-0.2, 0) is 19.0 Å². The maximum Gasteiger partial charge on any atom is 0.513 e. The van der Waals surface area contributed by atoms with Crippen molar-refractivity contribution < 1.29 is 33.3 Å². The Kier molecular flexibility index (Phi) is 10.1. The predicted octanol–water partition coefficient (Wildman–Crippen LogP) is 1.85. The van der Waals surface area contributed by atoms with Crippen LogP contribution in [0.3, 0.4) is 0 Å². The van der Waals surface area contributed by atoms with Gasteiger partial charge < -0.3 is 29.2 Å². The topological polar surface area (TPSA) is 103 Å². The van der Waals surface area contributed by atoms with Gasteiger partial charge in [0.15, 0.2) is 0 Å². The summed E-state index contributed by atoms with van der Waals surface area (Å²) in [5.74, 6) is 0.425. The fraction of sp³-hybridized carbons (Fsp3) is 0.571. The molecule has 0 unspecified atom stereocenters. The number of nitrogens with one attached hydrogen (secondary N) is 1. The first-order chi connectivity index (χ1) is 14.5. The number of ether oxygens (including phenoxy) is 4. The maximum absolute atomic E-state index is 12.3. The second-order valence-corrected chi connectivity index (χ2v) is 6.89. The van der Waals surface area contributed by atoms with Gasteiger partial charge in [-0.3, -0.25) is 9.59 Å². The van der Waals surface area contributed by atoms with Gasteiger partial charge in [0, 0.05) is 32.3 Å². The lowest BCUT2D eigenvalue weighted by Crippen LogP contribution is -2.43. The van der Waals surface area contributed by atoms with Crippen molar-refractivity contribution in [1.29, 1.82) is 0 Å². The summed E-state index contributed by atoms with van der Waals surface area (Å²) in [5.41, 5.74) is 0.479. The SMILES string of the molecule is CCOC(=O)Oc1ccc(C(=O)NCC2CCN(C(=O)COCCOC)CC2)cc1. The molecule has 0 aliphatic carbocycles. The van der Waals surface area contributed by atoms with E-state index in [-0.39, 0.29) is 25.0 Å². The molecule has 0 aromatic heterocycles. The molecule has 9 nitrogen and oxygen atoms in total. The normalized spacial score (nSPS) is 14.3. The third kappa shape index (κ3) is 8.00. The van der Waals surface area contributed by atoms with Crippen LogP contribution >= 0.6 is 0 Å². The van der Waals surface area contributed by atoms with Crippen LogP contribution in [-0.4, -0.2) is 76.0 Å². The van der Waals surface area contributed by atoms with Crippen molar-refractivity contribution in [3.63, 3.8) is 0 Å². The molecule has 9 heteroatoms. The third-order valence-corrected chi connectivity index (χ3v) is 4.76. The second-order valence-electron chi connectivity index (χ2n) is 6.89. The summed E-state index contributed by atoms with van der Waals surface area (Å²) in [5, 5.41) is 2.93. The van der Waals surface area contributed by atoms with E-state index in [9.17, 15) is 14.4 Å². The Labute approximate surface area is 176 Å². The fourth-order valence-corrected chi connectivity index (χ4v) is 3.04. The van der Waals surface area contributed by atoms with E-state index in [1.54, 1.807) is 43.2 Å². The van der Waals surface area contributed by atoms with Crippen molar-refractivity contribution in [2.75, 3.05) is 53.2 Å². The monoisotopic (exact) mass is 422 g/mol. The lowest BCUT2D eigenvalue weighted by Gasteiger charge is -2.32. The number of hydrogen-bond acceptors (Lipinski definition) is 7. The van der Waals surface area contributed by atoms with Crippen molar-refractivity contribution in [2.24, 2.45) is 5.92 Å². The lowest BCUT2D eigenvalue weighted by atomic mass is 9.96. The van der Waals surface area contributed by atoms with Crippen LogP contribution in [0.25, 0.3) is 0 Å².